The van der Waals surface area contributed by atoms with Crippen LogP contribution in [0.25, 0.3) is 0 Å². The molecule has 0 spiro atoms. The average Bonchev–Trinajstić information content (AvgIpc) is 3.49. The van der Waals surface area contributed by atoms with Gasteiger partial charge in [0.05, 0.1) is 27.1 Å². The van der Waals surface area contributed by atoms with Crippen LogP contribution in [-0.2, 0) is 30.6 Å². The lowest BCUT2D eigenvalue weighted by atomic mass is 9.82. The number of carbonyl (C=O) groups excluding carboxylic acids is 3. The number of anilines is 2. The van der Waals surface area contributed by atoms with Gasteiger partial charge in [0.2, 0.25) is 21.8 Å². The summed E-state index contributed by atoms with van der Waals surface area (Å²) in [7, 11) is -3.92. The molecular weight excluding hydrogens is 670 g/mol. The second-order valence-corrected chi connectivity index (χ2v) is 14.0. The molecule has 3 atom stereocenters. The Kier molecular flexibility index (Phi) is 8.04. The van der Waals surface area contributed by atoms with Crippen LogP contribution in [0, 0.1) is 5.92 Å². The van der Waals surface area contributed by atoms with E-state index in [1.807, 2.05) is 0 Å². The third-order valence-corrected chi connectivity index (χ3v) is 10.7. The van der Waals surface area contributed by atoms with Crippen LogP contribution in [0.5, 0.6) is 5.75 Å². The zero-order chi connectivity index (χ0) is 33.0. The molecular formula is C29H21F3N4O7S3. The topological polar surface area (TPSA) is 169 Å². The van der Waals surface area contributed by atoms with E-state index in [4.69, 9.17) is 9.88 Å². The number of rotatable bonds is 7. The number of H-pyrrole nitrogens is 1. The largest absolute Gasteiger partial charge is 0.483 e. The Morgan fingerprint density at radius 1 is 1.00 bits per heavy atom. The zero-order valence-corrected chi connectivity index (χ0v) is 25.6. The number of halogens is 3. The number of nitrogens with one attached hydrogen (secondary N) is 2. The van der Waals surface area contributed by atoms with Crippen molar-refractivity contribution in [3.05, 3.63) is 98.5 Å². The molecule has 4 N–H and O–H groups in total. The summed E-state index contributed by atoms with van der Waals surface area (Å²) in [5.74, 6) is -3.93. The lowest BCUT2D eigenvalue weighted by Crippen LogP contribution is -2.32. The molecule has 46 heavy (non-hydrogen) atoms. The fourth-order valence-corrected chi connectivity index (χ4v) is 8.39. The summed E-state index contributed by atoms with van der Waals surface area (Å²) >= 11 is 1.80. The van der Waals surface area contributed by atoms with Crippen LogP contribution < -0.4 is 25.0 Å². The molecule has 11 nitrogen and oxygen atoms in total. The van der Waals surface area contributed by atoms with Crippen molar-refractivity contribution in [2.45, 2.75) is 27.3 Å². The number of aromatic amines is 1. The molecule has 0 aliphatic carbocycles. The van der Waals surface area contributed by atoms with Crippen LogP contribution in [0.2, 0.25) is 0 Å². The SMILES string of the molecule is NS(=O)(=O)c1ccc(NC(=O)COc2ccccc2[C@H]2c3sc(=O)[nH]c3SC3C(=O)N(c4cccc(C(F)(F)F)c4)C(=O)C32)cc1. The first-order chi connectivity index (χ1) is 21.7. The number of aromatic nitrogens is 1. The number of thiazole rings is 1. The van der Waals surface area contributed by atoms with Gasteiger partial charge in [0, 0.05) is 22.0 Å². The second-order valence-electron chi connectivity index (χ2n) is 10.3. The number of para-hydroxylation sites is 1. The van der Waals surface area contributed by atoms with E-state index in [1.165, 1.54) is 30.3 Å². The number of nitrogens with two attached hydrogens (primary N) is 1. The van der Waals surface area contributed by atoms with Crippen LogP contribution in [0.4, 0.5) is 24.5 Å². The minimum atomic E-state index is -4.70. The number of benzene rings is 3. The van der Waals surface area contributed by atoms with Crippen LogP contribution in [0.3, 0.4) is 0 Å². The van der Waals surface area contributed by atoms with E-state index in [9.17, 15) is 40.8 Å². The van der Waals surface area contributed by atoms with E-state index >= 15 is 0 Å². The Morgan fingerprint density at radius 2 is 1.72 bits per heavy atom. The Labute approximate surface area is 266 Å². The molecule has 0 bridgehead atoms. The van der Waals surface area contributed by atoms with Gasteiger partial charge in [-0.2, -0.15) is 13.2 Å². The first-order valence-electron chi connectivity index (χ1n) is 13.3. The van der Waals surface area contributed by atoms with Gasteiger partial charge in [-0.15, -0.1) is 0 Å². The number of nitrogens with zero attached hydrogens (tertiary/aromatic N) is 1. The summed E-state index contributed by atoms with van der Waals surface area (Å²) < 4.78 is 69.2. The van der Waals surface area contributed by atoms with Crippen molar-refractivity contribution in [1.82, 2.24) is 4.98 Å². The number of primary sulfonamides is 1. The molecule has 1 aromatic heterocycles. The number of hydrogen-bond acceptors (Lipinski definition) is 9. The van der Waals surface area contributed by atoms with Gasteiger partial charge in [-0.1, -0.05) is 47.4 Å². The molecule has 2 aliphatic heterocycles. The van der Waals surface area contributed by atoms with Gasteiger partial charge in [-0.25, -0.2) is 18.5 Å². The minimum absolute atomic E-state index is 0.141. The number of carbonyl (C=O) groups is 3. The third kappa shape index (κ3) is 5.93. The van der Waals surface area contributed by atoms with E-state index in [-0.39, 0.29) is 22.0 Å². The molecule has 238 valence electrons. The van der Waals surface area contributed by atoms with Gasteiger partial charge < -0.3 is 15.0 Å². The highest BCUT2D eigenvalue weighted by atomic mass is 32.2. The van der Waals surface area contributed by atoms with Gasteiger partial charge in [0.15, 0.2) is 6.61 Å². The monoisotopic (exact) mass is 690 g/mol. The average molecular weight is 691 g/mol. The lowest BCUT2D eigenvalue weighted by Gasteiger charge is -2.30. The molecule has 4 aromatic rings. The lowest BCUT2D eigenvalue weighted by molar-refractivity contribution is -0.137. The van der Waals surface area contributed by atoms with E-state index in [1.54, 1.807) is 24.3 Å². The summed E-state index contributed by atoms with van der Waals surface area (Å²) in [6.07, 6.45) is -4.70. The Morgan fingerprint density at radius 3 is 2.41 bits per heavy atom. The van der Waals surface area contributed by atoms with Gasteiger partial charge in [-0.3, -0.25) is 19.2 Å². The Balaban J connectivity index is 1.30. The first kappa shape index (κ1) is 31.5. The van der Waals surface area contributed by atoms with Crippen molar-refractivity contribution in [1.29, 1.82) is 0 Å². The number of imide groups is 1. The van der Waals surface area contributed by atoms with Crippen molar-refractivity contribution in [2.75, 3.05) is 16.8 Å². The Hall–Kier alpha value is -4.45. The van der Waals surface area contributed by atoms with E-state index in [0.29, 0.717) is 15.5 Å². The quantitative estimate of drug-likeness (QED) is 0.245. The second kappa shape index (κ2) is 11.7. The summed E-state index contributed by atoms with van der Waals surface area (Å²) in [5.41, 5.74) is -0.598. The number of alkyl halides is 3. The third-order valence-electron chi connectivity index (χ3n) is 7.34. The highest BCUT2D eigenvalue weighted by Crippen LogP contribution is 2.54. The van der Waals surface area contributed by atoms with E-state index in [0.717, 1.165) is 46.2 Å². The summed E-state index contributed by atoms with van der Waals surface area (Å²) in [6, 6.07) is 15.5. The highest BCUT2D eigenvalue weighted by Gasteiger charge is 2.57. The van der Waals surface area contributed by atoms with Crippen LogP contribution in [0.1, 0.15) is 21.9 Å². The molecule has 6 rings (SSSR count). The molecule has 17 heteroatoms. The molecule has 0 radical (unpaired) electrons. The summed E-state index contributed by atoms with van der Waals surface area (Å²) in [4.78, 5) is 56.0. The zero-order valence-electron chi connectivity index (χ0n) is 23.1. The maximum Gasteiger partial charge on any atom is 0.416 e. The first-order valence-corrected chi connectivity index (χ1v) is 16.6. The van der Waals surface area contributed by atoms with Crippen molar-refractivity contribution in [3.63, 3.8) is 0 Å². The maximum atomic E-state index is 14.0. The normalized spacial score (nSPS) is 19.5. The van der Waals surface area contributed by atoms with Crippen LogP contribution >= 0.6 is 23.1 Å². The molecule has 1 saturated heterocycles. The molecule has 2 unspecified atom stereocenters. The predicted molar refractivity (Wildman–Crippen MR) is 162 cm³/mol. The Bertz CT molecular complexity index is 2050. The number of sulfonamides is 1. The van der Waals surface area contributed by atoms with Crippen molar-refractivity contribution < 1.29 is 40.7 Å². The fourth-order valence-electron chi connectivity index (χ4n) is 5.37. The predicted octanol–water partition coefficient (Wildman–Crippen LogP) is 3.92. The van der Waals surface area contributed by atoms with Gasteiger partial charge in [0.1, 0.15) is 11.0 Å². The molecule has 3 amide bonds. The van der Waals surface area contributed by atoms with Crippen molar-refractivity contribution in [3.8, 4) is 5.75 Å². The fraction of sp³-hybridized carbons (Fsp3) is 0.172. The van der Waals surface area contributed by atoms with E-state index < -0.39 is 68.1 Å². The van der Waals surface area contributed by atoms with Gasteiger partial charge in [0.25, 0.3) is 5.91 Å². The number of ether oxygens (including phenoxy) is 1. The van der Waals surface area contributed by atoms with Crippen LogP contribution in [0.15, 0.2) is 87.5 Å². The van der Waals surface area contributed by atoms with Crippen molar-refractivity contribution >= 4 is 62.2 Å². The number of fused-ring (bicyclic) bond motifs is 2. The number of thioether (sulfide) groups is 1. The minimum Gasteiger partial charge on any atom is -0.483 e. The van der Waals surface area contributed by atoms with E-state index in [2.05, 4.69) is 10.3 Å². The molecule has 2 aliphatic rings. The molecule has 1 fully saturated rings. The molecule has 3 aromatic carbocycles. The summed E-state index contributed by atoms with van der Waals surface area (Å²) in [5, 5.41) is 6.94. The van der Waals surface area contributed by atoms with Gasteiger partial charge in [-0.05, 0) is 48.5 Å². The van der Waals surface area contributed by atoms with Gasteiger partial charge >= 0.3 is 11.0 Å². The molecule has 0 saturated carbocycles. The van der Waals surface area contributed by atoms with Crippen LogP contribution in [-0.4, -0.2) is 43.0 Å². The maximum absolute atomic E-state index is 14.0. The molecule has 3 heterocycles. The summed E-state index contributed by atoms with van der Waals surface area (Å²) in [6.45, 7) is -0.511. The smallest absolute Gasteiger partial charge is 0.416 e. The number of amides is 3. The van der Waals surface area contributed by atoms with Crippen molar-refractivity contribution in [2.24, 2.45) is 11.1 Å². The standard InChI is InChI=1S/C29H21F3N4O7S3/c30-29(31,32)14-4-3-5-16(12-14)36-26(38)22-21(23-25(35-28(40)45-23)44-24(22)27(36)39)18-6-1-2-7-19(18)43-13-20(37)34-15-8-10-17(11-9-15)46(33,41)42/h1-12,21-22,24H,13H2,(H,34,37)(H,35,40)(H2,33,41,42)/t21-,22?,24?/m1/s1. The number of hydrogen-bond donors (Lipinski definition) is 3. The highest BCUT2D eigenvalue weighted by molar-refractivity contribution is 8.00.